The largest absolute Gasteiger partial charge is 0.494 e. The van der Waals surface area contributed by atoms with Crippen LogP contribution in [0.2, 0.25) is 0 Å². The molecular weight excluding hydrogens is 340 g/mol. The molecule has 0 saturated heterocycles. The SMILES string of the molecule is CCOc1ccccc1CCC(=O)Nc1cccc(C(=O)N(CC)CC)c1. The molecule has 0 fully saturated rings. The normalized spacial score (nSPS) is 10.3. The van der Waals surface area contributed by atoms with Crippen molar-refractivity contribution in [3.8, 4) is 5.75 Å². The van der Waals surface area contributed by atoms with E-state index < -0.39 is 0 Å². The van der Waals surface area contributed by atoms with Crippen LogP contribution < -0.4 is 10.1 Å². The third-order valence-electron chi connectivity index (χ3n) is 4.34. The number of aryl methyl sites for hydroxylation is 1. The molecule has 0 aliphatic heterocycles. The van der Waals surface area contributed by atoms with Crippen LogP contribution in [-0.4, -0.2) is 36.4 Å². The molecule has 5 nitrogen and oxygen atoms in total. The molecule has 2 aromatic rings. The number of benzene rings is 2. The zero-order chi connectivity index (χ0) is 19.6. The molecule has 144 valence electrons. The highest BCUT2D eigenvalue weighted by Gasteiger charge is 2.13. The van der Waals surface area contributed by atoms with Crippen LogP contribution in [0.3, 0.4) is 0 Å². The number of rotatable bonds is 9. The van der Waals surface area contributed by atoms with E-state index in [0.717, 1.165) is 11.3 Å². The Morgan fingerprint density at radius 2 is 1.74 bits per heavy atom. The predicted molar refractivity (Wildman–Crippen MR) is 108 cm³/mol. The van der Waals surface area contributed by atoms with Crippen molar-refractivity contribution >= 4 is 17.5 Å². The fourth-order valence-electron chi connectivity index (χ4n) is 2.90. The minimum Gasteiger partial charge on any atom is -0.494 e. The van der Waals surface area contributed by atoms with Crippen molar-refractivity contribution < 1.29 is 14.3 Å². The summed E-state index contributed by atoms with van der Waals surface area (Å²) in [6, 6.07) is 14.8. The summed E-state index contributed by atoms with van der Waals surface area (Å²) >= 11 is 0. The van der Waals surface area contributed by atoms with Crippen LogP contribution in [0.15, 0.2) is 48.5 Å². The zero-order valence-electron chi connectivity index (χ0n) is 16.3. The smallest absolute Gasteiger partial charge is 0.253 e. The van der Waals surface area contributed by atoms with Crippen molar-refractivity contribution in [2.75, 3.05) is 25.0 Å². The van der Waals surface area contributed by atoms with Gasteiger partial charge in [0.05, 0.1) is 6.61 Å². The van der Waals surface area contributed by atoms with Crippen LogP contribution in [0.5, 0.6) is 5.75 Å². The number of carbonyl (C=O) groups is 2. The first kappa shape index (κ1) is 20.5. The van der Waals surface area contributed by atoms with Crippen molar-refractivity contribution in [3.63, 3.8) is 0 Å². The third kappa shape index (κ3) is 5.84. The Morgan fingerprint density at radius 3 is 2.44 bits per heavy atom. The number of para-hydroxylation sites is 1. The molecule has 0 aliphatic rings. The van der Waals surface area contributed by atoms with E-state index in [0.29, 0.717) is 43.8 Å². The third-order valence-corrected chi connectivity index (χ3v) is 4.34. The van der Waals surface area contributed by atoms with Crippen molar-refractivity contribution in [2.45, 2.75) is 33.6 Å². The average molecular weight is 368 g/mol. The van der Waals surface area contributed by atoms with Crippen LogP contribution in [-0.2, 0) is 11.2 Å². The van der Waals surface area contributed by atoms with Gasteiger partial charge in [0, 0.05) is 30.8 Å². The Kier molecular flexibility index (Phi) is 7.86. The van der Waals surface area contributed by atoms with Gasteiger partial charge in [-0.25, -0.2) is 0 Å². The molecule has 1 N–H and O–H groups in total. The maximum absolute atomic E-state index is 12.5. The topological polar surface area (TPSA) is 58.6 Å². The highest BCUT2D eigenvalue weighted by molar-refractivity contribution is 5.97. The van der Waals surface area contributed by atoms with E-state index in [1.54, 1.807) is 29.2 Å². The number of nitrogens with one attached hydrogen (secondary N) is 1. The molecule has 0 atom stereocenters. The van der Waals surface area contributed by atoms with Gasteiger partial charge in [-0.2, -0.15) is 0 Å². The van der Waals surface area contributed by atoms with Crippen molar-refractivity contribution in [1.82, 2.24) is 4.90 Å². The molecule has 0 saturated carbocycles. The van der Waals surface area contributed by atoms with Crippen molar-refractivity contribution in [1.29, 1.82) is 0 Å². The quantitative estimate of drug-likeness (QED) is 0.724. The molecule has 0 aromatic heterocycles. The molecule has 0 unspecified atom stereocenters. The number of hydrogen-bond acceptors (Lipinski definition) is 3. The molecule has 0 heterocycles. The Balaban J connectivity index is 1.98. The second-order valence-corrected chi connectivity index (χ2v) is 6.15. The van der Waals surface area contributed by atoms with E-state index in [1.807, 2.05) is 45.0 Å². The standard InChI is InChI=1S/C22H28N2O3/c1-4-24(5-2)22(26)18-11-9-12-19(16-18)23-21(25)15-14-17-10-7-8-13-20(17)27-6-3/h7-13,16H,4-6,14-15H2,1-3H3,(H,23,25). The lowest BCUT2D eigenvalue weighted by Crippen LogP contribution is -2.30. The van der Waals surface area contributed by atoms with Crippen LogP contribution in [0.1, 0.15) is 43.1 Å². The van der Waals surface area contributed by atoms with E-state index >= 15 is 0 Å². The molecule has 0 spiro atoms. The first-order valence-corrected chi connectivity index (χ1v) is 9.48. The van der Waals surface area contributed by atoms with E-state index in [4.69, 9.17) is 4.74 Å². The monoisotopic (exact) mass is 368 g/mol. The first-order valence-electron chi connectivity index (χ1n) is 9.48. The molecule has 27 heavy (non-hydrogen) atoms. The number of anilines is 1. The molecule has 2 aromatic carbocycles. The number of carbonyl (C=O) groups excluding carboxylic acids is 2. The highest BCUT2D eigenvalue weighted by Crippen LogP contribution is 2.20. The van der Waals surface area contributed by atoms with E-state index in [2.05, 4.69) is 5.32 Å². The van der Waals surface area contributed by atoms with Crippen LogP contribution in [0, 0.1) is 0 Å². The molecule has 0 bridgehead atoms. The van der Waals surface area contributed by atoms with Crippen molar-refractivity contribution in [3.05, 3.63) is 59.7 Å². The predicted octanol–water partition coefficient (Wildman–Crippen LogP) is 4.14. The highest BCUT2D eigenvalue weighted by atomic mass is 16.5. The lowest BCUT2D eigenvalue weighted by Gasteiger charge is -2.19. The summed E-state index contributed by atoms with van der Waals surface area (Å²) in [6.45, 7) is 7.75. The molecular formula is C22H28N2O3. The fraction of sp³-hybridized carbons (Fsp3) is 0.364. The number of amides is 2. The molecule has 0 radical (unpaired) electrons. The molecule has 2 rings (SSSR count). The summed E-state index contributed by atoms with van der Waals surface area (Å²) in [6.07, 6.45) is 0.943. The Morgan fingerprint density at radius 1 is 1.00 bits per heavy atom. The lowest BCUT2D eigenvalue weighted by molar-refractivity contribution is -0.116. The van der Waals surface area contributed by atoms with Gasteiger partial charge in [-0.3, -0.25) is 9.59 Å². The minimum absolute atomic E-state index is 0.0262. The summed E-state index contributed by atoms with van der Waals surface area (Å²) in [4.78, 5) is 26.5. The summed E-state index contributed by atoms with van der Waals surface area (Å²) < 4.78 is 5.60. The van der Waals surface area contributed by atoms with Gasteiger partial charge in [0.2, 0.25) is 5.91 Å². The molecule has 5 heteroatoms. The summed E-state index contributed by atoms with van der Waals surface area (Å²) in [5.74, 6) is 0.704. The summed E-state index contributed by atoms with van der Waals surface area (Å²) in [5.41, 5.74) is 2.23. The summed E-state index contributed by atoms with van der Waals surface area (Å²) in [5, 5.41) is 2.88. The van der Waals surface area contributed by atoms with Crippen LogP contribution >= 0.6 is 0 Å². The van der Waals surface area contributed by atoms with Crippen LogP contribution in [0.25, 0.3) is 0 Å². The minimum atomic E-state index is -0.0891. The van der Waals surface area contributed by atoms with Gasteiger partial charge in [0.25, 0.3) is 5.91 Å². The Labute approximate surface area is 161 Å². The Hall–Kier alpha value is -2.82. The Bertz CT molecular complexity index is 770. The van der Waals surface area contributed by atoms with Gasteiger partial charge < -0.3 is 15.0 Å². The fourth-order valence-corrected chi connectivity index (χ4v) is 2.90. The average Bonchev–Trinajstić information content (AvgIpc) is 2.68. The lowest BCUT2D eigenvalue weighted by atomic mass is 10.1. The number of hydrogen-bond donors (Lipinski definition) is 1. The van der Waals surface area contributed by atoms with Gasteiger partial charge in [0.15, 0.2) is 0 Å². The van der Waals surface area contributed by atoms with E-state index in [-0.39, 0.29) is 11.8 Å². The van der Waals surface area contributed by atoms with Crippen molar-refractivity contribution in [2.24, 2.45) is 0 Å². The summed E-state index contributed by atoms with van der Waals surface area (Å²) in [7, 11) is 0. The molecule has 2 amide bonds. The number of nitrogens with zero attached hydrogens (tertiary/aromatic N) is 1. The second kappa shape index (κ2) is 10.4. The van der Waals surface area contributed by atoms with Gasteiger partial charge in [-0.1, -0.05) is 24.3 Å². The van der Waals surface area contributed by atoms with Gasteiger partial charge >= 0.3 is 0 Å². The van der Waals surface area contributed by atoms with E-state index in [1.165, 1.54) is 0 Å². The van der Waals surface area contributed by atoms with Gasteiger partial charge in [-0.15, -0.1) is 0 Å². The zero-order valence-corrected chi connectivity index (χ0v) is 16.3. The van der Waals surface area contributed by atoms with Crippen LogP contribution in [0.4, 0.5) is 5.69 Å². The maximum Gasteiger partial charge on any atom is 0.253 e. The number of ether oxygens (including phenoxy) is 1. The second-order valence-electron chi connectivity index (χ2n) is 6.15. The van der Waals surface area contributed by atoms with E-state index in [9.17, 15) is 9.59 Å². The van der Waals surface area contributed by atoms with Gasteiger partial charge in [-0.05, 0) is 57.0 Å². The maximum atomic E-state index is 12.5. The molecule has 0 aliphatic carbocycles. The van der Waals surface area contributed by atoms with Gasteiger partial charge in [0.1, 0.15) is 5.75 Å². The first-order chi connectivity index (χ1) is 13.1.